The zero-order valence-electron chi connectivity index (χ0n) is 10.8. The zero-order valence-corrected chi connectivity index (χ0v) is 11.6. The number of hydrogen-bond donors (Lipinski definition) is 1. The van der Waals surface area contributed by atoms with E-state index in [4.69, 9.17) is 0 Å². The average molecular weight is 235 g/mol. The molecule has 0 saturated heterocycles. The third kappa shape index (κ3) is 4.11. The van der Waals surface area contributed by atoms with Gasteiger partial charge in [-0.05, 0) is 33.7 Å². The van der Waals surface area contributed by atoms with E-state index in [9.17, 15) is 8.42 Å². The van der Waals surface area contributed by atoms with Crippen molar-refractivity contribution in [2.24, 2.45) is 5.92 Å². The van der Waals surface area contributed by atoms with Crippen molar-refractivity contribution in [3.05, 3.63) is 0 Å². The van der Waals surface area contributed by atoms with E-state index in [2.05, 4.69) is 19.2 Å². The van der Waals surface area contributed by atoms with Crippen molar-refractivity contribution in [3.8, 4) is 0 Å². The fourth-order valence-electron chi connectivity index (χ4n) is 1.30. The highest BCUT2D eigenvalue weighted by Crippen LogP contribution is 2.19. The van der Waals surface area contributed by atoms with Crippen molar-refractivity contribution in [1.29, 1.82) is 0 Å². The highest BCUT2D eigenvalue weighted by molar-refractivity contribution is 7.92. The summed E-state index contributed by atoms with van der Waals surface area (Å²) in [6, 6.07) is 0.0548. The van der Waals surface area contributed by atoms with E-state index < -0.39 is 14.6 Å². The third-order valence-electron chi connectivity index (χ3n) is 3.03. The fraction of sp³-hybridized carbons (Fsp3) is 1.00. The molecule has 0 fully saturated rings. The highest BCUT2D eigenvalue weighted by atomic mass is 32.2. The van der Waals surface area contributed by atoms with Crippen LogP contribution in [0.4, 0.5) is 0 Å². The van der Waals surface area contributed by atoms with Crippen LogP contribution in [-0.2, 0) is 9.84 Å². The molecule has 0 bridgehead atoms. The summed E-state index contributed by atoms with van der Waals surface area (Å²) in [5.74, 6) is 0.606. The molecule has 3 nitrogen and oxygen atoms in total. The maximum atomic E-state index is 12.0. The Morgan fingerprint density at radius 3 is 2.00 bits per heavy atom. The molecule has 0 aliphatic heterocycles. The van der Waals surface area contributed by atoms with Crippen molar-refractivity contribution in [2.45, 2.75) is 51.8 Å². The van der Waals surface area contributed by atoms with Gasteiger partial charge in [-0.25, -0.2) is 8.42 Å². The second-order valence-electron chi connectivity index (χ2n) is 5.17. The summed E-state index contributed by atoms with van der Waals surface area (Å²) in [6.07, 6.45) is 0.991. The normalized spacial score (nSPS) is 17.5. The van der Waals surface area contributed by atoms with Crippen LogP contribution >= 0.6 is 0 Å². The molecule has 0 aromatic heterocycles. The molecular formula is C11H25NO2S. The number of rotatable bonds is 5. The summed E-state index contributed by atoms with van der Waals surface area (Å²) in [5, 5.41) is 3.10. The van der Waals surface area contributed by atoms with Crippen molar-refractivity contribution in [2.75, 3.05) is 12.8 Å². The Balaban J connectivity index is 4.71. The van der Waals surface area contributed by atoms with Crippen LogP contribution in [0.5, 0.6) is 0 Å². The average Bonchev–Trinajstić information content (AvgIpc) is 2.11. The molecule has 4 heteroatoms. The molecule has 0 aromatic rings. The van der Waals surface area contributed by atoms with E-state index in [1.54, 1.807) is 20.8 Å². The monoisotopic (exact) mass is 235 g/mol. The van der Waals surface area contributed by atoms with Gasteiger partial charge in [0.05, 0.1) is 10.5 Å². The first-order valence-corrected chi connectivity index (χ1v) is 7.20. The molecule has 0 aliphatic carbocycles. The first kappa shape index (κ1) is 14.9. The van der Waals surface area contributed by atoms with E-state index in [1.807, 2.05) is 7.05 Å². The SMILES string of the molecule is CCC(C)C(CS(=O)(=O)C(C)(C)C)NC. The van der Waals surface area contributed by atoms with Gasteiger partial charge < -0.3 is 5.32 Å². The molecule has 0 spiro atoms. The predicted octanol–water partition coefficient (Wildman–Crippen LogP) is 1.83. The standard InChI is InChI=1S/C11H25NO2S/c1-7-9(2)10(12-6)8-15(13,14)11(3,4)5/h9-10,12H,7-8H2,1-6H3. The lowest BCUT2D eigenvalue weighted by atomic mass is 10.0. The Morgan fingerprint density at radius 1 is 1.27 bits per heavy atom. The van der Waals surface area contributed by atoms with Crippen molar-refractivity contribution in [1.82, 2.24) is 5.32 Å². The summed E-state index contributed by atoms with van der Waals surface area (Å²) < 4.78 is 23.3. The maximum Gasteiger partial charge on any atom is 0.156 e. The largest absolute Gasteiger partial charge is 0.316 e. The van der Waals surface area contributed by atoms with Crippen LogP contribution in [0, 0.1) is 5.92 Å². The molecular weight excluding hydrogens is 210 g/mol. The lowest BCUT2D eigenvalue weighted by Gasteiger charge is -2.27. The van der Waals surface area contributed by atoms with Gasteiger partial charge in [0.15, 0.2) is 9.84 Å². The molecule has 2 unspecified atom stereocenters. The van der Waals surface area contributed by atoms with Gasteiger partial charge in [-0.15, -0.1) is 0 Å². The molecule has 0 aliphatic rings. The van der Waals surface area contributed by atoms with Gasteiger partial charge in [-0.1, -0.05) is 20.3 Å². The van der Waals surface area contributed by atoms with E-state index >= 15 is 0 Å². The zero-order chi connectivity index (χ0) is 12.3. The second-order valence-corrected chi connectivity index (χ2v) is 7.96. The molecule has 2 atom stereocenters. The summed E-state index contributed by atoms with van der Waals surface area (Å²) in [4.78, 5) is 0. The van der Waals surface area contributed by atoms with Crippen LogP contribution in [0.3, 0.4) is 0 Å². The summed E-state index contributed by atoms with van der Waals surface area (Å²) in [7, 11) is -1.20. The van der Waals surface area contributed by atoms with Crippen LogP contribution in [0.2, 0.25) is 0 Å². The maximum absolute atomic E-state index is 12.0. The third-order valence-corrected chi connectivity index (χ3v) is 5.70. The summed E-state index contributed by atoms with van der Waals surface area (Å²) in [5.41, 5.74) is 0. The lowest BCUT2D eigenvalue weighted by Crippen LogP contribution is -2.43. The van der Waals surface area contributed by atoms with Crippen LogP contribution in [0.25, 0.3) is 0 Å². The fourth-order valence-corrected chi connectivity index (χ4v) is 2.77. The first-order valence-electron chi connectivity index (χ1n) is 5.55. The number of sulfone groups is 1. The Bertz CT molecular complexity index is 277. The van der Waals surface area contributed by atoms with E-state index in [0.29, 0.717) is 5.92 Å². The van der Waals surface area contributed by atoms with Gasteiger partial charge >= 0.3 is 0 Å². The first-order chi connectivity index (χ1) is 6.65. The van der Waals surface area contributed by atoms with Crippen LogP contribution < -0.4 is 5.32 Å². The molecule has 0 aromatic carbocycles. The Hall–Kier alpha value is -0.0900. The molecule has 0 saturated carbocycles. The van der Waals surface area contributed by atoms with Crippen LogP contribution in [0.15, 0.2) is 0 Å². The van der Waals surface area contributed by atoms with E-state index in [1.165, 1.54) is 0 Å². The van der Waals surface area contributed by atoms with E-state index in [0.717, 1.165) is 6.42 Å². The minimum atomic E-state index is -3.03. The molecule has 15 heavy (non-hydrogen) atoms. The van der Waals surface area contributed by atoms with Gasteiger partial charge in [0.1, 0.15) is 0 Å². The van der Waals surface area contributed by atoms with Gasteiger partial charge in [0, 0.05) is 6.04 Å². The molecule has 0 radical (unpaired) electrons. The Morgan fingerprint density at radius 2 is 1.73 bits per heavy atom. The molecule has 0 amide bonds. The van der Waals surface area contributed by atoms with Gasteiger partial charge in [-0.2, -0.15) is 0 Å². The minimum absolute atomic E-state index is 0.0548. The van der Waals surface area contributed by atoms with Crippen LogP contribution in [0.1, 0.15) is 41.0 Å². The quantitative estimate of drug-likeness (QED) is 0.791. The predicted molar refractivity (Wildman–Crippen MR) is 65.8 cm³/mol. The van der Waals surface area contributed by atoms with Gasteiger partial charge in [0.25, 0.3) is 0 Å². The van der Waals surface area contributed by atoms with Gasteiger partial charge in [-0.3, -0.25) is 0 Å². The second kappa shape index (κ2) is 5.30. The topological polar surface area (TPSA) is 46.2 Å². The summed E-state index contributed by atoms with van der Waals surface area (Å²) >= 11 is 0. The van der Waals surface area contributed by atoms with Crippen LogP contribution in [-0.4, -0.2) is 32.0 Å². The number of hydrogen-bond acceptors (Lipinski definition) is 3. The molecule has 0 rings (SSSR count). The summed E-state index contributed by atoms with van der Waals surface area (Å²) in [6.45, 7) is 9.43. The van der Waals surface area contributed by atoms with Crippen molar-refractivity contribution >= 4 is 9.84 Å². The van der Waals surface area contributed by atoms with Crippen molar-refractivity contribution < 1.29 is 8.42 Å². The lowest BCUT2D eigenvalue weighted by molar-refractivity contribution is 0.411. The highest BCUT2D eigenvalue weighted by Gasteiger charge is 2.32. The molecule has 1 N–H and O–H groups in total. The molecule has 92 valence electrons. The molecule has 0 heterocycles. The smallest absolute Gasteiger partial charge is 0.156 e. The Labute approximate surface area is 94.6 Å². The minimum Gasteiger partial charge on any atom is -0.316 e. The van der Waals surface area contributed by atoms with Crippen molar-refractivity contribution in [3.63, 3.8) is 0 Å². The number of nitrogens with one attached hydrogen (secondary N) is 1. The van der Waals surface area contributed by atoms with E-state index in [-0.39, 0.29) is 11.8 Å². The van der Waals surface area contributed by atoms with Gasteiger partial charge in [0.2, 0.25) is 0 Å². The Kier molecular flexibility index (Phi) is 5.27.